The molecule has 1 fully saturated rings. The molecule has 1 aliphatic heterocycles. The molecule has 1 aliphatic rings. The molecule has 88 valence electrons. The molecule has 1 nitrogen and oxygen atoms in total. The van der Waals surface area contributed by atoms with E-state index in [1.54, 1.807) is 0 Å². The van der Waals surface area contributed by atoms with Gasteiger partial charge in [-0.15, -0.1) is 11.8 Å². The average Bonchev–Trinajstić information content (AvgIpc) is 2.48. The molecule has 2 rings (SSSR count). The summed E-state index contributed by atoms with van der Waals surface area (Å²) in [5, 5.41) is 4.28. The van der Waals surface area contributed by atoms with Gasteiger partial charge < -0.3 is 5.32 Å². The predicted molar refractivity (Wildman–Crippen MR) is 72.1 cm³/mol. The Morgan fingerprint density at radius 2 is 2.00 bits per heavy atom. The molecule has 0 saturated carbocycles. The van der Waals surface area contributed by atoms with Crippen LogP contribution in [0.4, 0.5) is 0 Å². The minimum absolute atomic E-state index is 0.772. The highest BCUT2D eigenvalue weighted by atomic mass is 32.2. The van der Waals surface area contributed by atoms with E-state index in [2.05, 4.69) is 55.2 Å². The smallest absolute Gasteiger partial charge is 0.0133 e. The average molecular weight is 235 g/mol. The van der Waals surface area contributed by atoms with Gasteiger partial charge in [0, 0.05) is 10.1 Å². The first-order chi connectivity index (χ1) is 7.75. The summed E-state index contributed by atoms with van der Waals surface area (Å²) in [6, 6.07) is 8.93. The summed E-state index contributed by atoms with van der Waals surface area (Å²) in [4.78, 5) is 1.42. The highest BCUT2D eigenvalue weighted by Crippen LogP contribution is 2.32. The normalized spacial score (nSPS) is 26.4. The summed E-state index contributed by atoms with van der Waals surface area (Å²) < 4.78 is 0. The van der Waals surface area contributed by atoms with E-state index in [9.17, 15) is 0 Å². The monoisotopic (exact) mass is 235 g/mol. The van der Waals surface area contributed by atoms with Crippen LogP contribution in [-0.4, -0.2) is 18.3 Å². The van der Waals surface area contributed by atoms with E-state index in [0.717, 1.165) is 11.2 Å². The Morgan fingerprint density at radius 3 is 2.75 bits per heavy atom. The van der Waals surface area contributed by atoms with E-state index in [-0.39, 0.29) is 0 Å². The van der Waals surface area contributed by atoms with Gasteiger partial charge in [0.1, 0.15) is 0 Å². The first-order valence-corrected chi connectivity index (χ1v) is 7.08. The Bertz CT molecular complexity index is 320. The number of rotatable bonds is 2. The molecule has 2 atom stereocenters. The van der Waals surface area contributed by atoms with Gasteiger partial charge in [-0.25, -0.2) is 0 Å². The van der Waals surface area contributed by atoms with E-state index in [1.807, 2.05) is 0 Å². The summed E-state index contributed by atoms with van der Waals surface area (Å²) in [5.74, 6) is 0.772. The molecule has 2 heteroatoms. The fraction of sp³-hybridized carbons (Fsp3) is 0.571. The molecule has 0 aliphatic carbocycles. The van der Waals surface area contributed by atoms with Gasteiger partial charge in [-0.05, 0) is 50.9 Å². The Hall–Kier alpha value is -0.470. The van der Waals surface area contributed by atoms with Crippen molar-refractivity contribution in [2.24, 2.45) is 5.92 Å². The van der Waals surface area contributed by atoms with E-state index in [0.29, 0.717) is 0 Å². The van der Waals surface area contributed by atoms with Gasteiger partial charge in [-0.1, -0.05) is 24.6 Å². The number of benzene rings is 1. The van der Waals surface area contributed by atoms with Gasteiger partial charge in [0.05, 0.1) is 0 Å². The van der Waals surface area contributed by atoms with Crippen LogP contribution in [0.15, 0.2) is 29.2 Å². The second-order valence-corrected chi connectivity index (χ2v) is 6.11. The van der Waals surface area contributed by atoms with Crippen molar-refractivity contribution in [2.45, 2.75) is 36.8 Å². The Kier molecular flexibility index (Phi) is 4.30. The van der Waals surface area contributed by atoms with Crippen LogP contribution in [0, 0.1) is 12.8 Å². The molecule has 1 aromatic rings. The van der Waals surface area contributed by atoms with Crippen molar-refractivity contribution < 1.29 is 0 Å². The molecule has 0 bridgehead atoms. The third-order valence-corrected chi connectivity index (χ3v) is 4.80. The number of hydrogen-bond donors (Lipinski definition) is 1. The lowest BCUT2D eigenvalue weighted by Gasteiger charge is -2.20. The van der Waals surface area contributed by atoms with E-state index < -0.39 is 0 Å². The molecular formula is C14H21NS. The molecule has 0 amide bonds. The molecule has 2 unspecified atom stereocenters. The van der Waals surface area contributed by atoms with Gasteiger partial charge in [0.2, 0.25) is 0 Å². The maximum Gasteiger partial charge on any atom is 0.0133 e. The molecule has 16 heavy (non-hydrogen) atoms. The Morgan fingerprint density at radius 1 is 1.25 bits per heavy atom. The largest absolute Gasteiger partial charge is 0.316 e. The standard InChI is InChI=1S/C14H21NS/c1-11-5-7-13(8-6-11)16-14-4-3-9-15-10-12(14)2/h5-8,12,14-15H,3-4,9-10H2,1-2H3. The van der Waals surface area contributed by atoms with Crippen molar-refractivity contribution in [2.75, 3.05) is 13.1 Å². The van der Waals surface area contributed by atoms with E-state index in [1.165, 1.54) is 36.4 Å². The molecule has 1 N–H and O–H groups in total. The third kappa shape index (κ3) is 3.26. The van der Waals surface area contributed by atoms with E-state index >= 15 is 0 Å². The molecular weight excluding hydrogens is 214 g/mol. The number of hydrogen-bond acceptors (Lipinski definition) is 2. The van der Waals surface area contributed by atoms with Crippen LogP contribution in [0.1, 0.15) is 25.3 Å². The van der Waals surface area contributed by atoms with Gasteiger partial charge >= 0.3 is 0 Å². The van der Waals surface area contributed by atoms with Crippen LogP contribution < -0.4 is 5.32 Å². The van der Waals surface area contributed by atoms with Crippen molar-refractivity contribution in [1.82, 2.24) is 5.32 Å². The molecule has 0 aromatic heterocycles. The first-order valence-electron chi connectivity index (χ1n) is 6.20. The van der Waals surface area contributed by atoms with Crippen LogP contribution in [0.25, 0.3) is 0 Å². The van der Waals surface area contributed by atoms with Crippen LogP contribution in [0.3, 0.4) is 0 Å². The summed E-state index contributed by atoms with van der Waals surface area (Å²) >= 11 is 2.05. The zero-order valence-corrected chi connectivity index (χ0v) is 11.0. The molecule has 1 saturated heterocycles. The van der Waals surface area contributed by atoms with E-state index in [4.69, 9.17) is 0 Å². The van der Waals surface area contributed by atoms with Crippen LogP contribution >= 0.6 is 11.8 Å². The second kappa shape index (κ2) is 5.74. The van der Waals surface area contributed by atoms with Crippen molar-refractivity contribution in [1.29, 1.82) is 0 Å². The third-order valence-electron chi connectivity index (χ3n) is 3.25. The van der Waals surface area contributed by atoms with Gasteiger partial charge in [-0.2, -0.15) is 0 Å². The molecule has 1 heterocycles. The van der Waals surface area contributed by atoms with Crippen molar-refractivity contribution in [3.05, 3.63) is 29.8 Å². The maximum absolute atomic E-state index is 3.51. The van der Waals surface area contributed by atoms with Crippen molar-refractivity contribution in [3.8, 4) is 0 Å². The van der Waals surface area contributed by atoms with Crippen molar-refractivity contribution in [3.63, 3.8) is 0 Å². The highest BCUT2D eigenvalue weighted by molar-refractivity contribution is 8.00. The fourth-order valence-corrected chi connectivity index (χ4v) is 3.40. The number of nitrogens with one attached hydrogen (secondary N) is 1. The molecule has 0 spiro atoms. The SMILES string of the molecule is Cc1ccc(SC2CCCNCC2C)cc1. The van der Waals surface area contributed by atoms with Gasteiger partial charge in [0.15, 0.2) is 0 Å². The fourth-order valence-electron chi connectivity index (χ4n) is 2.14. The molecule has 0 radical (unpaired) electrons. The lowest BCUT2D eigenvalue weighted by molar-refractivity contribution is 0.538. The number of thioether (sulfide) groups is 1. The number of aryl methyl sites for hydroxylation is 1. The summed E-state index contributed by atoms with van der Waals surface area (Å²) in [5.41, 5.74) is 1.35. The Balaban J connectivity index is 1.99. The quantitative estimate of drug-likeness (QED) is 0.842. The predicted octanol–water partition coefficient (Wildman–Crippen LogP) is 3.48. The minimum atomic E-state index is 0.772. The highest BCUT2D eigenvalue weighted by Gasteiger charge is 2.20. The summed E-state index contributed by atoms with van der Waals surface area (Å²) in [6.45, 7) is 6.87. The summed E-state index contributed by atoms with van der Waals surface area (Å²) in [6.07, 6.45) is 2.65. The van der Waals surface area contributed by atoms with Gasteiger partial charge in [-0.3, -0.25) is 0 Å². The lowest BCUT2D eigenvalue weighted by atomic mass is 10.1. The lowest BCUT2D eigenvalue weighted by Crippen LogP contribution is -2.23. The van der Waals surface area contributed by atoms with Gasteiger partial charge in [0.25, 0.3) is 0 Å². The first kappa shape index (κ1) is 12.0. The second-order valence-electron chi connectivity index (χ2n) is 4.79. The Labute approximate surface area is 103 Å². The van der Waals surface area contributed by atoms with Crippen LogP contribution in [-0.2, 0) is 0 Å². The van der Waals surface area contributed by atoms with Crippen molar-refractivity contribution >= 4 is 11.8 Å². The topological polar surface area (TPSA) is 12.0 Å². The summed E-state index contributed by atoms with van der Waals surface area (Å²) in [7, 11) is 0. The minimum Gasteiger partial charge on any atom is -0.316 e. The van der Waals surface area contributed by atoms with Crippen LogP contribution in [0.5, 0.6) is 0 Å². The van der Waals surface area contributed by atoms with Crippen LogP contribution in [0.2, 0.25) is 0 Å². The zero-order valence-electron chi connectivity index (χ0n) is 10.2. The molecule has 1 aromatic carbocycles. The zero-order chi connectivity index (χ0) is 11.4. The maximum atomic E-state index is 3.51.